The van der Waals surface area contributed by atoms with Crippen molar-refractivity contribution in [3.05, 3.63) is 46.0 Å². The quantitative estimate of drug-likeness (QED) is 0.648. The van der Waals surface area contributed by atoms with Crippen molar-refractivity contribution in [2.24, 2.45) is 0 Å². The molecule has 1 aliphatic rings. The molecule has 28 heavy (non-hydrogen) atoms. The Bertz CT molecular complexity index is 1080. The van der Waals surface area contributed by atoms with Crippen molar-refractivity contribution in [2.45, 2.75) is 58.4 Å². The molecular weight excluding hydrogens is 356 g/mol. The Morgan fingerprint density at radius 1 is 1.29 bits per heavy atom. The van der Waals surface area contributed by atoms with Gasteiger partial charge >= 0.3 is 6.01 Å². The molecule has 0 atom stereocenters. The fourth-order valence-corrected chi connectivity index (χ4v) is 3.76. The van der Waals surface area contributed by atoms with E-state index in [1.807, 2.05) is 6.92 Å². The van der Waals surface area contributed by atoms with Crippen LogP contribution in [-0.2, 0) is 6.54 Å². The number of nitrogens with zero attached hydrogens (tertiary/aromatic N) is 3. The topological polar surface area (TPSA) is 89.9 Å². The largest absolute Gasteiger partial charge is 0.425 e. The predicted octanol–water partition coefficient (Wildman–Crippen LogP) is 4.18. The normalized spacial score (nSPS) is 14.6. The first-order valence-corrected chi connectivity index (χ1v) is 9.86. The van der Waals surface area contributed by atoms with Crippen molar-refractivity contribution in [2.75, 3.05) is 0 Å². The van der Waals surface area contributed by atoms with Crippen LogP contribution >= 0.6 is 0 Å². The molecule has 0 unspecified atom stereocenters. The average Bonchev–Trinajstić information content (AvgIpc) is 3.34. The number of nitrogens with one attached hydrogen (secondary N) is 1. The summed E-state index contributed by atoms with van der Waals surface area (Å²) in [5.74, 6) is 1.63. The van der Waals surface area contributed by atoms with E-state index in [1.165, 1.54) is 24.3 Å². The molecule has 0 amide bonds. The van der Waals surface area contributed by atoms with Crippen LogP contribution in [0.3, 0.4) is 0 Å². The summed E-state index contributed by atoms with van der Waals surface area (Å²) in [6.45, 7) is 3.99. The number of ether oxygens (including phenoxy) is 1. The standard InChI is InChI=1S/C21H24N4O3/c1-3-11-25-20(27)17-19(23-18(22-17)14-7-4-5-8-14)24-21(25)28-16-10-6-9-15(12-16)13(2)26/h6,9-10,12,14H,3-5,7-8,11H2,1-2H3,(H,22,23). The second-order valence-electron chi connectivity index (χ2n) is 7.34. The molecule has 1 aromatic carbocycles. The van der Waals surface area contributed by atoms with Crippen molar-refractivity contribution in [3.8, 4) is 11.8 Å². The lowest BCUT2D eigenvalue weighted by Crippen LogP contribution is -2.23. The molecule has 2 heterocycles. The van der Waals surface area contributed by atoms with Crippen LogP contribution in [0.1, 0.15) is 68.1 Å². The molecule has 0 spiro atoms. The van der Waals surface area contributed by atoms with Gasteiger partial charge in [-0.25, -0.2) is 4.98 Å². The SMILES string of the molecule is CCCn1c(Oc2cccc(C(C)=O)c2)nc2nc(C3CCCC3)[nH]c2c1=O. The summed E-state index contributed by atoms with van der Waals surface area (Å²) >= 11 is 0. The summed E-state index contributed by atoms with van der Waals surface area (Å²) < 4.78 is 7.45. The van der Waals surface area contributed by atoms with Gasteiger partial charge in [-0.15, -0.1) is 0 Å². The highest BCUT2D eigenvalue weighted by atomic mass is 16.5. The van der Waals surface area contributed by atoms with Gasteiger partial charge in [-0.2, -0.15) is 4.98 Å². The minimum absolute atomic E-state index is 0.0479. The summed E-state index contributed by atoms with van der Waals surface area (Å²) in [6.07, 6.45) is 5.32. The average molecular weight is 380 g/mol. The number of aromatic nitrogens is 4. The zero-order valence-corrected chi connectivity index (χ0v) is 16.2. The van der Waals surface area contributed by atoms with Gasteiger partial charge in [-0.1, -0.05) is 31.9 Å². The summed E-state index contributed by atoms with van der Waals surface area (Å²) in [4.78, 5) is 37.0. The van der Waals surface area contributed by atoms with E-state index < -0.39 is 0 Å². The number of ketones is 1. The van der Waals surface area contributed by atoms with E-state index in [9.17, 15) is 9.59 Å². The number of fused-ring (bicyclic) bond motifs is 1. The van der Waals surface area contributed by atoms with E-state index in [0.29, 0.717) is 34.9 Å². The van der Waals surface area contributed by atoms with Crippen molar-refractivity contribution < 1.29 is 9.53 Å². The number of hydrogen-bond acceptors (Lipinski definition) is 5. The number of imidazole rings is 1. The van der Waals surface area contributed by atoms with Crippen LogP contribution in [0.25, 0.3) is 11.2 Å². The van der Waals surface area contributed by atoms with Gasteiger partial charge in [0.15, 0.2) is 16.9 Å². The molecule has 0 saturated heterocycles. The minimum Gasteiger partial charge on any atom is -0.425 e. The third kappa shape index (κ3) is 3.44. The molecule has 7 nitrogen and oxygen atoms in total. The maximum Gasteiger partial charge on any atom is 0.306 e. The van der Waals surface area contributed by atoms with E-state index in [4.69, 9.17) is 4.74 Å². The van der Waals surface area contributed by atoms with Gasteiger partial charge in [0, 0.05) is 18.0 Å². The van der Waals surface area contributed by atoms with Crippen LogP contribution in [-0.4, -0.2) is 25.3 Å². The molecule has 4 rings (SSSR count). The Labute approximate surface area is 162 Å². The second-order valence-corrected chi connectivity index (χ2v) is 7.34. The van der Waals surface area contributed by atoms with Crippen LogP contribution < -0.4 is 10.3 Å². The highest BCUT2D eigenvalue weighted by Gasteiger charge is 2.23. The lowest BCUT2D eigenvalue weighted by atomic mass is 10.1. The molecule has 0 aliphatic heterocycles. The van der Waals surface area contributed by atoms with Crippen LogP contribution in [0.15, 0.2) is 29.1 Å². The number of hydrogen-bond donors (Lipinski definition) is 1. The van der Waals surface area contributed by atoms with Crippen molar-refractivity contribution in [3.63, 3.8) is 0 Å². The molecule has 2 aromatic heterocycles. The van der Waals surface area contributed by atoms with E-state index in [1.54, 1.807) is 24.3 Å². The Balaban J connectivity index is 1.77. The molecule has 1 saturated carbocycles. The van der Waals surface area contributed by atoms with Crippen molar-refractivity contribution in [1.82, 2.24) is 19.5 Å². The van der Waals surface area contributed by atoms with Crippen LogP contribution in [0, 0.1) is 0 Å². The lowest BCUT2D eigenvalue weighted by Gasteiger charge is -2.12. The number of Topliss-reactive ketones (excluding diaryl/α,β-unsaturated/α-hetero) is 1. The van der Waals surface area contributed by atoms with Crippen LogP contribution in [0.5, 0.6) is 11.8 Å². The van der Waals surface area contributed by atoms with Gasteiger partial charge in [0.1, 0.15) is 11.6 Å². The molecule has 1 fully saturated rings. The molecule has 7 heteroatoms. The maximum absolute atomic E-state index is 13.1. The first-order chi connectivity index (χ1) is 13.6. The Kier molecular flexibility index (Phi) is 4.98. The summed E-state index contributed by atoms with van der Waals surface area (Å²) in [5, 5.41) is 0. The minimum atomic E-state index is -0.179. The number of aromatic amines is 1. The number of carbonyl (C=O) groups is 1. The number of H-pyrrole nitrogens is 1. The maximum atomic E-state index is 13.1. The Hall–Kier alpha value is -2.96. The highest BCUT2D eigenvalue weighted by molar-refractivity contribution is 5.94. The Morgan fingerprint density at radius 3 is 2.79 bits per heavy atom. The fraction of sp³-hybridized carbons (Fsp3) is 0.429. The molecule has 0 radical (unpaired) electrons. The monoisotopic (exact) mass is 380 g/mol. The highest BCUT2D eigenvalue weighted by Crippen LogP contribution is 2.33. The smallest absolute Gasteiger partial charge is 0.306 e. The molecule has 0 bridgehead atoms. The van der Waals surface area contributed by atoms with Gasteiger partial charge in [-0.05, 0) is 38.3 Å². The van der Waals surface area contributed by atoms with Gasteiger partial charge in [-0.3, -0.25) is 14.2 Å². The van der Waals surface area contributed by atoms with E-state index in [2.05, 4.69) is 15.0 Å². The lowest BCUT2D eigenvalue weighted by molar-refractivity contribution is 0.101. The summed E-state index contributed by atoms with van der Waals surface area (Å²) in [6, 6.07) is 7.08. The van der Waals surface area contributed by atoms with Gasteiger partial charge in [0.05, 0.1) is 0 Å². The van der Waals surface area contributed by atoms with Crippen molar-refractivity contribution in [1.29, 1.82) is 0 Å². The van der Waals surface area contributed by atoms with E-state index in [-0.39, 0.29) is 17.4 Å². The van der Waals surface area contributed by atoms with E-state index >= 15 is 0 Å². The first kappa shape index (κ1) is 18.4. The molecule has 1 aliphatic carbocycles. The molecular formula is C21H24N4O3. The van der Waals surface area contributed by atoms with Crippen LogP contribution in [0.4, 0.5) is 0 Å². The summed E-state index contributed by atoms with van der Waals surface area (Å²) in [5.41, 5.74) is 1.18. The zero-order chi connectivity index (χ0) is 19.7. The third-order valence-corrected chi connectivity index (χ3v) is 5.23. The second kappa shape index (κ2) is 7.58. The van der Waals surface area contributed by atoms with Gasteiger partial charge in [0.25, 0.3) is 5.56 Å². The summed E-state index contributed by atoms with van der Waals surface area (Å²) in [7, 11) is 0. The predicted molar refractivity (Wildman–Crippen MR) is 106 cm³/mol. The van der Waals surface area contributed by atoms with E-state index in [0.717, 1.165) is 25.1 Å². The number of carbonyl (C=O) groups excluding carboxylic acids is 1. The molecule has 3 aromatic rings. The molecule has 1 N–H and O–H groups in total. The van der Waals surface area contributed by atoms with Crippen molar-refractivity contribution >= 4 is 16.9 Å². The van der Waals surface area contributed by atoms with Gasteiger partial charge < -0.3 is 9.72 Å². The van der Waals surface area contributed by atoms with Crippen LogP contribution in [0.2, 0.25) is 0 Å². The third-order valence-electron chi connectivity index (χ3n) is 5.23. The Morgan fingerprint density at radius 2 is 2.07 bits per heavy atom. The first-order valence-electron chi connectivity index (χ1n) is 9.86. The zero-order valence-electron chi connectivity index (χ0n) is 16.2. The number of rotatable bonds is 6. The molecule has 146 valence electrons. The van der Waals surface area contributed by atoms with Gasteiger partial charge in [0.2, 0.25) is 0 Å². The number of benzene rings is 1. The fourth-order valence-electron chi connectivity index (χ4n) is 3.76.